The molecule has 2 unspecified atom stereocenters. The lowest BCUT2D eigenvalue weighted by atomic mass is 10.0. The molecule has 33 heavy (non-hydrogen) atoms. The number of benzene rings is 2. The van der Waals surface area contributed by atoms with Crippen molar-refractivity contribution in [1.82, 2.24) is 15.3 Å². The highest BCUT2D eigenvalue weighted by atomic mass is 32.1. The Morgan fingerprint density at radius 3 is 2.67 bits per heavy atom. The van der Waals surface area contributed by atoms with Gasteiger partial charge < -0.3 is 24.8 Å². The van der Waals surface area contributed by atoms with Crippen LogP contribution in [0, 0.1) is 23.6 Å². The monoisotopic (exact) mass is 468 g/mol. The van der Waals surface area contributed by atoms with Crippen molar-refractivity contribution in [3.8, 4) is 23.1 Å². The third-order valence-electron chi connectivity index (χ3n) is 6.47. The number of nitrogens with one attached hydrogen (secondary N) is 2. The predicted octanol–water partition coefficient (Wildman–Crippen LogP) is 4.56. The molecule has 2 heterocycles. The van der Waals surface area contributed by atoms with Crippen molar-refractivity contribution in [2.45, 2.75) is 12.8 Å². The topological polar surface area (TPSA) is 77.5 Å². The molecule has 3 aromatic rings. The second kappa shape index (κ2) is 9.44. The Hall–Kier alpha value is -3.04. The van der Waals surface area contributed by atoms with Gasteiger partial charge in [0.2, 0.25) is 5.88 Å². The fourth-order valence-corrected chi connectivity index (χ4v) is 5.01. The molecule has 7 nitrogen and oxygen atoms in total. The highest BCUT2D eigenvalue weighted by Gasteiger charge is 2.37. The maximum absolute atomic E-state index is 14.5. The Morgan fingerprint density at radius 1 is 1.12 bits per heavy atom. The molecule has 1 saturated heterocycles. The molecule has 1 aliphatic carbocycles. The van der Waals surface area contributed by atoms with Crippen LogP contribution in [0.15, 0.2) is 36.7 Å². The molecule has 9 heteroatoms. The van der Waals surface area contributed by atoms with Crippen LogP contribution in [0.5, 0.6) is 23.1 Å². The first-order chi connectivity index (χ1) is 16.1. The zero-order valence-corrected chi connectivity index (χ0v) is 19.0. The molecule has 0 spiro atoms. The fourth-order valence-electron chi connectivity index (χ4n) is 4.87. The van der Waals surface area contributed by atoms with E-state index < -0.39 is 5.82 Å². The summed E-state index contributed by atoms with van der Waals surface area (Å²) in [5.41, 5.74) is 2.48. The number of anilines is 1. The molecule has 172 valence electrons. The van der Waals surface area contributed by atoms with Gasteiger partial charge in [0.1, 0.15) is 6.33 Å². The highest BCUT2D eigenvalue weighted by molar-refractivity contribution is 7.79. The Morgan fingerprint density at radius 2 is 1.94 bits per heavy atom. The first-order valence-electron chi connectivity index (χ1n) is 11.0. The molecule has 0 bridgehead atoms. The lowest BCUT2D eigenvalue weighted by Crippen LogP contribution is -2.15. The molecule has 0 radical (unpaired) electrons. The van der Waals surface area contributed by atoms with E-state index in [0.29, 0.717) is 40.6 Å². The summed E-state index contributed by atoms with van der Waals surface area (Å²) in [5.74, 6) is 3.02. The van der Waals surface area contributed by atoms with Gasteiger partial charge >= 0.3 is 0 Å². The van der Waals surface area contributed by atoms with E-state index in [-0.39, 0.29) is 11.6 Å². The van der Waals surface area contributed by atoms with Gasteiger partial charge in [-0.2, -0.15) is 0 Å². The normalized spacial score (nSPS) is 21.6. The van der Waals surface area contributed by atoms with Crippen LogP contribution in [-0.2, 0) is 0 Å². The third kappa shape index (κ3) is 4.56. The highest BCUT2D eigenvalue weighted by Crippen LogP contribution is 2.40. The van der Waals surface area contributed by atoms with Crippen LogP contribution in [0.4, 0.5) is 10.1 Å². The maximum Gasteiger partial charge on any atom is 0.230 e. The van der Waals surface area contributed by atoms with E-state index in [0.717, 1.165) is 24.9 Å². The fraction of sp³-hybridized carbons (Fsp3) is 0.375. The van der Waals surface area contributed by atoms with Gasteiger partial charge in [-0.1, -0.05) is 12.2 Å². The molecule has 5 rings (SSSR count). The van der Waals surface area contributed by atoms with E-state index in [4.69, 9.17) is 26.4 Å². The Labute approximate surface area is 196 Å². The number of aromatic nitrogens is 2. The van der Waals surface area contributed by atoms with Crippen molar-refractivity contribution in [3.63, 3.8) is 0 Å². The van der Waals surface area contributed by atoms with Crippen molar-refractivity contribution in [2.75, 3.05) is 32.1 Å². The van der Waals surface area contributed by atoms with Crippen LogP contribution in [0.3, 0.4) is 0 Å². The van der Waals surface area contributed by atoms with Crippen LogP contribution in [0.1, 0.15) is 12.8 Å². The van der Waals surface area contributed by atoms with Crippen molar-refractivity contribution < 1.29 is 18.6 Å². The number of nitrogens with zero attached hydrogens (tertiary/aromatic N) is 2. The average Bonchev–Trinajstić information content (AvgIpc) is 3.41. The van der Waals surface area contributed by atoms with Crippen LogP contribution in [-0.4, -0.2) is 42.3 Å². The molecule has 1 aromatic heterocycles. The standard InChI is InChI=1S/C24H25FN4O3S/c1-30-22-7-18-20(8-23(22)31-11-14-4-15-9-26-10-16(15)5-14)27-12-28-24(18)32-21-3-2-17(29-13-33)6-19(21)25/h2-3,6-8,12-16,26H,4-5,9-11H2,1H3,(H,29,33). The number of hydrogen-bond donors (Lipinski definition) is 2. The predicted molar refractivity (Wildman–Crippen MR) is 128 cm³/mol. The van der Waals surface area contributed by atoms with Crippen molar-refractivity contribution in [2.24, 2.45) is 17.8 Å². The van der Waals surface area contributed by atoms with E-state index in [9.17, 15) is 4.39 Å². The average molecular weight is 469 g/mol. The molecule has 2 fully saturated rings. The minimum Gasteiger partial charge on any atom is -0.493 e. The van der Waals surface area contributed by atoms with Crippen molar-refractivity contribution in [1.29, 1.82) is 0 Å². The summed E-state index contributed by atoms with van der Waals surface area (Å²) >= 11 is 4.74. The van der Waals surface area contributed by atoms with E-state index in [2.05, 4.69) is 20.6 Å². The molecule has 1 saturated carbocycles. The zero-order chi connectivity index (χ0) is 22.8. The summed E-state index contributed by atoms with van der Waals surface area (Å²) < 4.78 is 32.0. The minimum absolute atomic E-state index is 0.0467. The SMILES string of the molecule is COc1cc2c(Oc3ccc(NC=S)cc3F)ncnc2cc1OCC1CC2CNCC2C1. The number of methoxy groups -OCH3 is 1. The third-order valence-corrected chi connectivity index (χ3v) is 6.59. The van der Waals surface area contributed by atoms with E-state index >= 15 is 0 Å². The molecule has 1 aliphatic heterocycles. The smallest absolute Gasteiger partial charge is 0.230 e. The lowest BCUT2D eigenvalue weighted by Gasteiger charge is -2.16. The van der Waals surface area contributed by atoms with Crippen molar-refractivity contribution >= 4 is 34.3 Å². The first-order valence-corrected chi connectivity index (χ1v) is 11.5. The van der Waals surface area contributed by atoms with Crippen LogP contribution in [0.2, 0.25) is 0 Å². The maximum atomic E-state index is 14.5. The number of halogens is 1. The second-order valence-corrected chi connectivity index (χ2v) is 8.77. The zero-order valence-electron chi connectivity index (χ0n) is 18.2. The number of hydrogen-bond acceptors (Lipinski definition) is 7. The quantitative estimate of drug-likeness (QED) is 0.466. The van der Waals surface area contributed by atoms with E-state index in [1.807, 2.05) is 6.07 Å². The summed E-state index contributed by atoms with van der Waals surface area (Å²) in [6.45, 7) is 2.88. The molecular formula is C24H25FN4O3S. The van der Waals surface area contributed by atoms with E-state index in [1.54, 1.807) is 19.2 Å². The lowest BCUT2D eigenvalue weighted by molar-refractivity contribution is 0.234. The number of rotatable bonds is 8. The van der Waals surface area contributed by atoms with Gasteiger partial charge in [-0.25, -0.2) is 14.4 Å². The summed E-state index contributed by atoms with van der Waals surface area (Å²) in [7, 11) is 1.59. The summed E-state index contributed by atoms with van der Waals surface area (Å²) in [6.07, 6.45) is 3.77. The summed E-state index contributed by atoms with van der Waals surface area (Å²) in [4.78, 5) is 8.56. The summed E-state index contributed by atoms with van der Waals surface area (Å²) in [6, 6.07) is 8.09. The Bertz CT molecular complexity index is 1170. The molecule has 2 atom stereocenters. The molecular weight excluding hydrogens is 443 g/mol. The number of thiocarbonyl (C=S) groups is 1. The largest absolute Gasteiger partial charge is 0.493 e. The van der Waals surface area contributed by atoms with Gasteiger partial charge in [-0.3, -0.25) is 0 Å². The van der Waals surface area contributed by atoms with Gasteiger partial charge in [0.15, 0.2) is 23.1 Å². The number of fused-ring (bicyclic) bond motifs is 2. The first kappa shape index (κ1) is 21.8. The van der Waals surface area contributed by atoms with Crippen molar-refractivity contribution in [3.05, 3.63) is 42.5 Å². The Kier molecular flexibility index (Phi) is 6.24. The van der Waals surface area contributed by atoms with Crippen LogP contribution in [0.25, 0.3) is 10.9 Å². The molecule has 2 N–H and O–H groups in total. The van der Waals surface area contributed by atoms with Gasteiger partial charge in [-0.05, 0) is 61.9 Å². The van der Waals surface area contributed by atoms with Gasteiger partial charge in [-0.15, -0.1) is 0 Å². The van der Waals surface area contributed by atoms with Crippen LogP contribution >= 0.6 is 12.2 Å². The molecule has 2 aliphatic rings. The molecule has 0 amide bonds. The molecule has 2 aromatic carbocycles. The second-order valence-electron chi connectivity index (χ2n) is 8.54. The van der Waals surface area contributed by atoms with Gasteiger partial charge in [0.25, 0.3) is 0 Å². The Balaban J connectivity index is 1.36. The van der Waals surface area contributed by atoms with Gasteiger partial charge in [0.05, 0.1) is 30.1 Å². The van der Waals surface area contributed by atoms with E-state index in [1.165, 1.54) is 36.8 Å². The van der Waals surface area contributed by atoms with Gasteiger partial charge in [0, 0.05) is 17.8 Å². The minimum atomic E-state index is -0.535. The number of ether oxygens (including phenoxy) is 3. The summed E-state index contributed by atoms with van der Waals surface area (Å²) in [5, 5.41) is 6.84. The van der Waals surface area contributed by atoms with Crippen LogP contribution < -0.4 is 24.8 Å².